The van der Waals surface area contributed by atoms with Crippen molar-refractivity contribution in [2.24, 2.45) is 35.5 Å². The molecule has 0 radical (unpaired) electrons. The van der Waals surface area contributed by atoms with E-state index < -0.39 is 5.60 Å². The van der Waals surface area contributed by atoms with Crippen molar-refractivity contribution in [3.63, 3.8) is 0 Å². The molecule has 4 nitrogen and oxygen atoms in total. The third kappa shape index (κ3) is 4.02. The van der Waals surface area contributed by atoms with Gasteiger partial charge in [0.05, 0.1) is 11.8 Å². The Morgan fingerprint density at radius 2 is 1.57 bits per heavy atom. The largest absolute Gasteiger partial charge is 0.462 e. The maximum atomic E-state index is 13.3. The molecular weight excluding hydrogens is 396 g/mol. The summed E-state index contributed by atoms with van der Waals surface area (Å²) in [6.45, 7) is 7.88. The first-order chi connectivity index (χ1) is 14.2. The fraction of sp³-hybridized carbons (Fsp3) is 0.680. The average molecular weight is 431 g/mol. The number of benzene rings is 1. The van der Waals surface area contributed by atoms with Gasteiger partial charge in [-0.2, -0.15) is 0 Å². The molecule has 0 saturated heterocycles. The summed E-state index contributed by atoms with van der Waals surface area (Å²) in [6.07, 6.45) is 4.75. The van der Waals surface area contributed by atoms with Gasteiger partial charge in [-0.25, -0.2) is 0 Å². The van der Waals surface area contributed by atoms with Crippen LogP contribution in [0, 0.1) is 35.5 Å². The highest BCUT2D eigenvalue weighted by Crippen LogP contribution is 2.58. The van der Waals surface area contributed by atoms with E-state index >= 15 is 0 Å². The van der Waals surface area contributed by atoms with E-state index in [0.29, 0.717) is 23.7 Å². The van der Waals surface area contributed by atoms with Gasteiger partial charge < -0.3 is 9.47 Å². The molecule has 1 aromatic rings. The Balaban J connectivity index is 1.41. The maximum Gasteiger partial charge on any atom is 0.310 e. The monoisotopic (exact) mass is 430 g/mol. The van der Waals surface area contributed by atoms with Crippen molar-refractivity contribution in [3.8, 4) is 0 Å². The molecule has 0 spiro atoms. The number of hydrogen-bond acceptors (Lipinski definition) is 5. The second kappa shape index (κ2) is 8.22. The predicted octanol–water partition coefficient (Wildman–Crippen LogP) is 5.39. The lowest BCUT2D eigenvalue weighted by atomic mass is 9.50. The summed E-state index contributed by atoms with van der Waals surface area (Å²) in [4.78, 5) is 26.5. The van der Waals surface area contributed by atoms with Crippen molar-refractivity contribution in [1.82, 2.24) is 0 Å². The first-order valence-electron chi connectivity index (χ1n) is 11.4. The predicted molar refractivity (Wildman–Crippen MR) is 118 cm³/mol. The number of ether oxygens (including phenoxy) is 2. The minimum atomic E-state index is -0.665. The lowest BCUT2D eigenvalue weighted by molar-refractivity contribution is -0.195. The van der Waals surface area contributed by atoms with E-state index in [-0.39, 0.29) is 29.9 Å². The van der Waals surface area contributed by atoms with Crippen LogP contribution in [0.2, 0.25) is 0 Å². The normalized spacial score (nSPS) is 33.2. The average Bonchev–Trinajstić information content (AvgIpc) is 2.69. The third-order valence-corrected chi connectivity index (χ3v) is 8.12. The Hall–Kier alpha value is -1.49. The summed E-state index contributed by atoms with van der Waals surface area (Å²) in [5, 5.41) is 0. The molecule has 0 aliphatic heterocycles. The van der Waals surface area contributed by atoms with Gasteiger partial charge in [0.2, 0.25) is 0 Å². The van der Waals surface area contributed by atoms with E-state index in [4.69, 9.17) is 9.47 Å². The van der Waals surface area contributed by atoms with Crippen LogP contribution in [0.3, 0.4) is 0 Å². The van der Waals surface area contributed by atoms with E-state index in [9.17, 15) is 9.59 Å². The smallest absolute Gasteiger partial charge is 0.310 e. The van der Waals surface area contributed by atoms with Crippen molar-refractivity contribution in [1.29, 1.82) is 0 Å². The van der Waals surface area contributed by atoms with Crippen molar-refractivity contribution in [2.45, 2.75) is 76.4 Å². The van der Waals surface area contributed by atoms with Crippen LogP contribution in [0.15, 0.2) is 29.2 Å². The van der Waals surface area contributed by atoms with Crippen molar-refractivity contribution < 1.29 is 19.1 Å². The van der Waals surface area contributed by atoms with Crippen LogP contribution >= 0.6 is 12.6 Å². The van der Waals surface area contributed by atoms with E-state index in [2.05, 4.69) is 12.6 Å². The molecule has 4 aliphatic rings. The molecular formula is C25H34O4S. The van der Waals surface area contributed by atoms with Crippen molar-refractivity contribution in [3.05, 3.63) is 29.8 Å². The molecule has 0 N–H and O–H groups in total. The molecule has 1 atom stereocenters. The maximum absolute atomic E-state index is 13.3. The van der Waals surface area contributed by atoms with Crippen LogP contribution in [-0.4, -0.2) is 18.0 Å². The fourth-order valence-electron chi connectivity index (χ4n) is 6.07. The Morgan fingerprint density at radius 1 is 1.03 bits per heavy atom. The SMILES string of the molecule is CCC(C)C(=O)OC1C2CC3CC1CC(C2)C3C(=O)OC(C)(C)c1ccc(S)cc1. The molecule has 0 heterocycles. The quantitative estimate of drug-likeness (QED) is 0.485. The topological polar surface area (TPSA) is 52.6 Å². The number of carbonyl (C=O) groups excluding carboxylic acids is 2. The van der Waals surface area contributed by atoms with Crippen LogP contribution < -0.4 is 0 Å². The van der Waals surface area contributed by atoms with Gasteiger partial charge in [-0.1, -0.05) is 26.0 Å². The third-order valence-electron chi connectivity index (χ3n) is 7.82. The summed E-state index contributed by atoms with van der Waals surface area (Å²) >= 11 is 4.34. The summed E-state index contributed by atoms with van der Waals surface area (Å²) in [6, 6.07) is 7.81. The lowest BCUT2D eigenvalue weighted by Gasteiger charge is -2.56. The Bertz CT molecular complexity index is 770. The van der Waals surface area contributed by atoms with Gasteiger partial charge in [0.1, 0.15) is 11.7 Å². The first-order valence-corrected chi connectivity index (χ1v) is 11.9. The molecule has 164 valence electrons. The zero-order chi connectivity index (χ0) is 21.6. The molecule has 4 fully saturated rings. The van der Waals surface area contributed by atoms with Crippen LogP contribution in [0.25, 0.3) is 0 Å². The van der Waals surface area contributed by atoms with Crippen LogP contribution in [0.5, 0.6) is 0 Å². The van der Waals surface area contributed by atoms with E-state index in [1.165, 1.54) is 0 Å². The van der Waals surface area contributed by atoms with E-state index in [1.54, 1.807) is 0 Å². The van der Waals surface area contributed by atoms with Crippen LogP contribution in [0.1, 0.15) is 65.4 Å². The molecule has 4 bridgehead atoms. The standard InChI is InChI=1S/C25H34O4S/c1-5-14(2)23(26)28-22-17-10-15-11-18(22)13-16(12-17)21(15)24(27)29-25(3,4)19-6-8-20(30)9-7-19/h6-9,14-18,21-22,30H,5,10-13H2,1-4H3. The molecule has 4 aliphatic carbocycles. The molecule has 5 rings (SSSR count). The Labute approximate surface area is 185 Å². The summed E-state index contributed by atoms with van der Waals surface area (Å²) in [7, 11) is 0. The van der Waals surface area contributed by atoms with Gasteiger partial charge in [0.25, 0.3) is 0 Å². The van der Waals surface area contributed by atoms with Gasteiger partial charge in [-0.3, -0.25) is 9.59 Å². The fourth-order valence-corrected chi connectivity index (χ4v) is 6.22. The zero-order valence-corrected chi connectivity index (χ0v) is 19.4. The minimum Gasteiger partial charge on any atom is -0.462 e. The number of carbonyl (C=O) groups is 2. The second-order valence-corrected chi connectivity index (χ2v) is 10.7. The lowest BCUT2D eigenvalue weighted by Crippen LogP contribution is -2.56. The summed E-state index contributed by atoms with van der Waals surface area (Å²) in [5.41, 5.74) is 0.316. The van der Waals surface area contributed by atoms with Crippen molar-refractivity contribution in [2.75, 3.05) is 0 Å². The zero-order valence-electron chi connectivity index (χ0n) is 18.5. The van der Waals surface area contributed by atoms with Gasteiger partial charge in [-0.05, 0) is 87.3 Å². The summed E-state index contributed by atoms with van der Waals surface area (Å²) in [5.74, 6) is 1.34. The molecule has 1 aromatic carbocycles. The highest BCUT2D eigenvalue weighted by atomic mass is 32.1. The van der Waals surface area contributed by atoms with Crippen LogP contribution in [-0.2, 0) is 24.7 Å². The molecule has 4 saturated carbocycles. The molecule has 30 heavy (non-hydrogen) atoms. The molecule has 1 unspecified atom stereocenters. The van der Waals surface area contributed by atoms with Crippen molar-refractivity contribution >= 4 is 24.6 Å². The number of esters is 2. The minimum absolute atomic E-state index is 0.0212. The number of rotatable bonds is 6. The Morgan fingerprint density at radius 3 is 2.07 bits per heavy atom. The second-order valence-electron chi connectivity index (χ2n) is 10.2. The molecule has 5 heteroatoms. The number of thiol groups is 1. The Kier molecular flexibility index (Phi) is 5.95. The van der Waals surface area contributed by atoms with Gasteiger partial charge in [0.15, 0.2) is 0 Å². The first kappa shape index (κ1) is 21.7. The molecule has 0 amide bonds. The number of hydrogen-bond donors (Lipinski definition) is 1. The van der Waals surface area contributed by atoms with Gasteiger partial charge >= 0.3 is 11.9 Å². The molecule has 0 aromatic heterocycles. The van der Waals surface area contributed by atoms with E-state index in [1.807, 2.05) is 52.0 Å². The van der Waals surface area contributed by atoms with Gasteiger partial charge in [-0.15, -0.1) is 12.6 Å². The van der Waals surface area contributed by atoms with E-state index in [0.717, 1.165) is 42.6 Å². The van der Waals surface area contributed by atoms with Gasteiger partial charge in [0, 0.05) is 4.90 Å². The highest BCUT2D eigenvalue weighted by Gasteiger charge is 2.57. The summed E-state index contributed by atoms with van der Waals surface area (Å²) < 4.78 is 12.0. The van der Waals surface area contributed by atoms with Crippen LogP contribution in [0.4, 0.5) is 0 Å². The highest BCUT2D eigenvalue weighted by molar-refractivity contribution is 7.80.